The number of hydrogen-bond donors (Lipinski definition) is 2. The molecule has 1 saturated heterocycles. The number of benzene rings is 1. The number of carboxylic acids is 1. The third-order valence-corrected chi connectivity index (χ3v) is 2.69. The predicted octanol–water partition coefficient (Wildman–Crippen LogP) is 1.23. The molecule has 1 aliphatic heterocycles. The summed E-state index contributed by atoms with van der Waals surface area (Å²) < 4.78 is 26.0. The molecule has 2 atom stereocenters. The summed E-state index contributed by atoms with van der Waals surface area (Å²) in [7, 11) is 0. The minimum atomic E-state index is -1.17. The maximum atomic E-state index is 13.0. The van der Waals surface area contributed by atoms with E-state index in [0.29, 0.717) is 6.07 Å². The first-order chi connectivity index (χ1) is 7.97. The van der Waals surface area contributed by atoms with Crippen molar-refractivity contribution in [3.63, 3.8) is 0 Å². The first-order valence-electron chi connectivity index (χ1n) is 4.95. The maximum absolute atomic E-state index is 13.0. The third-order valence-electron chi connectivity index (χ3n) is 2.69. The molecular formula is C11H9F2NO3. The van der Waals surface area contributed by atoms with Crippen LogP contribution < -0.4 is 5.32 Å². The second-order valence-corrected chi connectivity index (χ2v) is 3.90. The molecule has 90 valence electrons. The Balaban J connectivity index is 2.37. The molecule has 0 bridgehead atoms. The fraction of sp³-hybridized carbons (Fsp3) is 0.273. The second kappa shape index (κ2) is 4.12. The normalized spacial score (nSPS) is 23.5. The Bertz CT molecular complexity index is 469. The van der Waals surface area contributed by atoms with Gasteiger partial charge in [-0.1, -0.05) is 0 Å². The number of carbonyl (C=O) groups excluding carboxylic acids is 1. The molecule has 4 nitrogen and oxygen atoms in total. The van der Waals surface area contributed by atoms with E-state index >= 15 is 0 Å². The van der Waals surface area contributed by atoms with Gasteiger partial charge >= 0.3 is 5.97 Å². The van der Waals surface area contributed by atoms with Gasteiger partial charge in [0.2, 0.25) is 5.91 Å². The van der Waals surface area contributed by atoms with E-state index in [0.717, 1.165) is 12.1 Å². The van der Waals surface area contributed by atoms with Gasteiger partial charge in [0.1, 0.15) is 11.6 Å². The Morgan fingerprint density at radius 3 is 2.41 bits per heavy atom. The van der Waals surface area contributed by atoms with Crippen molar-refractivity contribution < 1.29 is 23.5 Å². The van der Waals surface area contributed by atoms with E-state index in [1.165, 1.54) is 0 Å². The van der Waals surface area contributed by atoms with E-state index < -0.39 is 35.5 Å². The summed E-state index contributed by atoms with van der Waals surface area (Å²) >= 11 is 0. The van der Waals surface area contributed by atoms with Gasteiger partial charge in [-0.15, -0.1) is 0 Å². The number of hydrogen-bond acceptors (Lipinski definition) is 2. The Morgan fingerprint density at radius 1 is 1.29 bits per heavy atom. The Morgan fingerprint density at radius 2 is 1.88 bits per heavy atom. The van der Waals surface area contributed by atoms with Gasteiger partial charge in [0.05, 0.1) is 12.0 Å². The van der Waals surface area contributed by atoms with Gasteiger partial charge in [-0.3, -0.25) is 9.59 Å². The van der Waals surface area contributed by atoms with Crippen LogP contribution in [0.25, 0.3) is 0 Å². The van der Waals surface area contributed by atoms with Gasteiger partial charge in [0.25, 0.3) is 0 Å². The highest BCUT2D eigenvalue weighted by Crippen LogP contribution is 2.31. The zero-order chi connectivity index (χ0) is 12.6. The number of carbonyl (C=O) groups is 2. The lowest BCUT2D eigenvalue weighted by molar-refractivity contribution is -0.142. The highest BCUT2D eigenvalue weighted by molar-refractivity contribution is 5.87. The van der Waals surface area contributed by atoms with Gasteiger partial charge < -0.3 is 10.4 Å². The van der Waals surface area contributed by atoms with Crippen molar-refractivity contribution in [2.75, 3.05) is 0 Å². The fourth-order valence-corrected chi connectivity index (χ4v) is 1.95. The van der Waals surface area contributed by atoms with Gasteiger partial charge in [-0.25, -0.2) is 8.78 Å². The summed E-state index contributed by atoms with van der Waals surface area (Å²) in [6, 6.07) is 1.85. The first kappa shape index (κ1) is 11.5. The summed E-state index contributed by atoms with van der Waals surface area (Å²) in [5.74, 6) is -4.20. The van der Waals surface area contributed by atoms with Crippen LogP contribution in [0, 0.1) is 17.6 Å². The molecule has 0 aliphatic carbocycles. The largest absolute Gasteiger partial charge is 0.481 e. The molecule has 1 heterocycles. The molecule has 2 unspecified atom stereocenters. The predicted molar refractivity (Wildman–Crippen MR) is 53.0 cm³/mol. The average molecular weight is 241 g/mol. The van der Waals surface area contributed by atoms with Gasteiger partial charge in [0, 0.05) is 12.5 Å². The highest BCUT2D eigenvalue weighted by atomic mass is 19.1. The molecule has 1 aromatic carbocycles. The highest BCUT2D eigenvalue weighted by Gasteiger charge is 2.38. The van der Waals surface area contributed by atoms with Crippen molar-refractivity contribution in [2.24, 2.45) is 5.92 Å². The number of nitrogens with one attached hydrogen (secondary N) is 1. The molecule has 0 aromatic heterocycles. The first-order valence-corrected chi connectivity index (χ1v) is 4.95. The van der Waals surface area contributed by atoms with Crippen molar-refractivity contribution in [1.82, 2.24) is 5.32 Å². The van der Waals surface area contributed by atoms with Crippen LogP contribution in [0.1, 0.15) is 18.0 Å². The molecule has 17 heavy (non-hydrogen) atoms. The summed E-state index contributed by atoms with van der Waals surface area (Å²) in [6.45, 7) is 0. The van der Waals surface area contributed by atoms with E-state index in [2.05, 4.69) is 5.32 Å². The number of aliphatic carboxylic acids is 1. The Labute approximate surface area is 95.2 Å². The van der Waals surface area contributed by atoms with Crippen molar-refractivity contribution in [3.8, 4) is 0 Å². The molecule has 0 spiro atoms. The number of halogens is 2. The monoisotopic (exact) mass is 241 g/mol. The van der Waals surface area contributed by atoms with Crippen molar-refractivity contribution in [2.45, 2.75) is 12.5 Å². The van der Waals surface area contributed by atoms with Crippen molar-refractivity contribution in [3.05, 3.63) is 35.4 Å². The van der Waals surface area contributed by atoms with Crippen LogP contribution in [0.15, 0.2) is 18.2 Å². The molecule has 2 rings (SSSR count). The molecule has 0 saturated carbocycles. The summed E-state index contributed by atoms with van der Waals surface area (Å²) in [5.41, 5.74) is 0.126. The lowest BCUT2D eigenvalue weighted by atomic mass is 9.94. The molecule has 0 radical (unpaired) electrons. The van der Waals surface area contributed by atoms with Crippen molar-refractivity contribution >= 4 is 11.9 Å². The SMILES string of the molecule is O=C1CC(C(=O)O)C(c2cc(F)cc(F)c2)N1. The lowest BCUT2D eigenvalue weighted by Gasteiger charge is -2.15. The zero-order valence-corrected chi connectivity index (χ0v) is 8.61. The maximum Gasteiger partial charge on any atom is 0.309 e. The number of amides is 1. The average Bonchev–Trinajstić information content (AvgIpc) is 2.59. The van der Waals surface area contributed by atoms with Crippen LogP contribution in [-0.2, 0) is 9.59 Å². The molecule has 1 fully saturated rings. The van der Waals surface area contributed by atoms with Crippen LogP contribution in [0.2, 0.25) is 0 Å². The fourth-order valence-electron chi connectivity index (χ4n) is 1.95. The zero-order valence-electron chi connectivity index (χ0n) is 8.61. The Kier molecular flexibility index (Phi) is 2.79. The Hall–Kier alpha value is -1.98. The summed E-state index contributed by atoms with van der Waals surface area (Å²) in [6.07, 6.45) is -0.182. The van der Waals surface area contributed by atoms with Crippen LogP contribution in [-0.4, -0.2) is 17.0 Å². The molecule has 6 heteroatoms. The summed E-state index contributed by atoms with van der Waals surface area (Å²) in [5, 5.41) is 11.3. The van der Waals surface area contributed by atoms with Crippen LogP contribution in [0.3, 0.4) is 0 Å². The second-order valence-electron chi connectivity index (χ2n) is 3.90. The minimum absolute atomic E-state index is 0.126. The minimum Gasteiger partial charge on any atom is -0.481 e. The van der Waals surface area contributed by atoms with E-state index in [-0.39, 0.29) is 12.0 Å². The molecule has 1 aliphatic rings. The van der Waals surface area contributed by atoms with Crippen LogP contribution in [0.4, 0.5) is 8.78 Å². The standard InChI is InChI=1S/C11H9F2NO3/c12-6-1-5(2-7(13)3-6)10-8(11(16)17)4-9(15)14-10/h1-3,8,10H,4H2,(H,14,15)(H,16,17). The molecule has 1 amide bonds. The molecular weight excluding hydrogens is 232 g/mol. The topological polar surface area (TPSA) is 66.4 Å². The van der Waals surface area contributed by atoms with Crippen molar-refractivity contribution in [1.29, 1.82) is 0 Å². The molecule has 1 aromatic rings. The van der Waals surface area contributed by atoms with Crippen LogP contribution in [0.5, 0.6) is 0 Å². The van der Waals surface area contributed by atoms with E-state index in [1.807, 2.05) is 0 Å². The van der Waals surface area contributed by atoms with E-state index in [9.17, 15) is 18.4 Å². The van der Waals surface area contributed by atoms with Gasteiger partial charge in [-0.05, 0) is 17.7 Å². The van der Waals surface area contributed by atoms with Crippen LogP contribution >= 0.6 is 0 Å². The smallest absolute Gasteiger partial charge is 0.309 e. The third kappa shape index (κ3) is 2.25. The number of rotatable bonds is 2. The quantitative estimate of drug-likeness (QED) is 0.818. The number of carboxylic acid groups (broad SMARTS) is 1. The van der Waals surface area contributed by atoms with Gasteiger partial charge in [-0.2, -0.15) is 0 Å². The molecule has 2 N–H and O–H groups in total. The lowest BCUT2D eigenvalue weighted by Crippen LogP contribution is -2.24. The van der Waals surface area contributed by atoms with Gasteiger partial charge in [0.15, 0.2) is 0 Å². The van der Waals surface area contributed by atoms with E-state index in [1.54, 1.807) is 0 Å². The van der Waals surface area contributed by atoms with E-state index in [4.69, 9.17) is 5.11 Å². The summed E-state index contributed by atoms with van der Waals surface area (Å²) in [4.78, 5) is 22.1.